The van der Waals surface area contributed by atoms with Crippen molar-refractivity contribution in [1.29, 1.82) is 0 Å². The van der Waals surface area contributed by atoms with E-state index in [2.05, 4.69) is 27.7 Å². The number of hydrogen-bond donors (Lipinski definition) is 0. The highest BCUT2D eigenvalue weighted by Gasteiger charge is 2.19. The summed E-state index contributed by atoms with van der Waals surface area (Å²) in [5, 5.41) is 0. The molecule has 0 aromatic heterocycles. The Morgan fingerprint density at radius 3 is 1.02 bits per heavy atom. The molecule has 0 radical (unpaired) electrons. The second-order valence-electron chi connectivity index (χ2n) is 14.7. The number of hydrogen-bond acceptors (Lipinski definition) is 6. The molecule has 0 N–H and O–H groups in total. The summed E-state index contributed by atoms with van der Waals surface area (Å²) in [6, 6.07) is 0. The summed E-state index contributed by atoms with van der Waals surface area (Å²) >= 11 is 0. The van der Waals surface area contributed by atoms with Crippen molar-refractivity contribution in [3.63, 3.8) is 0 Å². The average Bonchev–Trinajstić information content (AvgIpc) is 3.06. The van der Waals surface area contributed by atoms with Crippen molar-refractivity contribution in [2.75, 3.05) is 13.2 Å². The summed E-state index contributed by atoms with van der Waals surface area (Å²) in [5.41, 5.74) is 0. The molecule has 0 bridgehead atoms. The molecule has 0 aliphatic heterocycles. The van der Waals surface area contributed by atoms with Crippen molar-refractivity contribution in [1.82, 2.24) is 0 Å². The molecule has 0 unspecified atom stereocenters. The Balaban J connectivity index is 4.31. The Morgan fingerprint density at radius 2 is 0.688 bits per heavy atom. The van der Waals surface area contributed by atoms with E-state index in [1.54, 1.807) is 0 Å². The van der Waals surface area contributed by atoms with Gasteiger partial charge in [-0.25, -0.2) is 0 Å². The highest BCUT2D eigenvalue weighted by molar-refractivity contribution is 5.71. The monoisotopic (exact) mass is 681 g/mol. The molecule has 0 spiro atoms. The van der Waals surface area contributed by atoms with Gasteiger partial charge >= 0.3 is 17.9 Å². The lowest BCUT2D eigenvalue weighted by atomic mass is 10.0. The lowest BCUT2D eigenvalue weighted by molar-refractivity contribution is -0.167. The Morgan fingerprint density at radius 1 is 0.396 bits per heavy atom. The number of esters is 3. The van der Waals surface area contributed by atoms with Crippen LogP contribution in [0, 0.1) is 5.92 Å². The van der Waals surface area contributed by atoms with Crippen molar-refractivity contribution in [2.24, 2.45) is 5.92 Å². The number of unbranched alkanes of at least 4 members (excludes halogenated alkanes) is 24. The summed E-state index contributed by atoms with van der Waals surface area (Å²) in [5.74, 6) is -0.0711. The van der Waals surface area contributed by atoms with Gasteiger partial charge in [0.05, 0.1) is 0 Å². The van der Waals surface area contributed by atoms with Gasteiger partial charge in [-0.15, -0.1) is 0 Å². The molecule has 0 amide bonds. The predicted octanol–water partition coefficient (Wildman–Crippen LogP) is 12.8. The van der Waals surface area contributed by atoms with Gasteiger partial charge in [-0.2, -0.15) is 0 Å². The number of carbonyl (C=O) groups excluding carboxylic acids is 3. The summed E-state index contributed by atoms with van der Waals surface area (Å²) in [4.78, 5) is 37.4. The van der Waals surface area contributed by atoms with Gasteiger partial charge in [0.1, 0.15) is 13.2 Å². The molecule has 0 saturated carbocycles. The quantitative estimate of drug-likeness (QED) is 0.0369. The first-order valence-corrected chi connectivity index (χ1v) is 20.9. The Hall–Kier alpha value is -1.59. The van der Waals surface area contributed by atoms with Gasteiger partial charge < -0.3 is 14.2 Å². The molecule has 0 fully saturated rings. The fourth-order valence-corrected chi connectivity index (χ4v) is 6.10. The van der Waals surface area contributed by atoms with Gasteiger partial charge in [0.25, 0.3) is 0 Å². The number of rotatable bonds is 37. The minimum absolute atomic E-state index is 0.0654. The van der Waals surface area contributed by atoms with E-state index in [4.69, 9.17) is 14.2 Å². The summed E-state index contributed by atoms with van der Waals surface area (Å²) in [6.07, 6.45) is 33.8. The van der Waals surface area contributed by atoms with Crippen LogP contribution in [0.15, 0.2) is 0 Å². The zero-order chi connectivity index (χ0) is 35.3. The molecule has 284 valence electrons. The Kier molecular flexibility index (Phi) is 35.5. The molecule has 48 heavy (non-hydrogen) atoms. The SMILES string of the molecule is CCCCCCCCCCCCCCC(=O)O[C@@H](COC(=O)CCCCCCCCC)COC(=O)CCCCCCCCCCC(C)C. The van der Waals surface area contributed by atoms with Crippen molar-refractivity contribution >= 4 is 17.9 Å². The van der Waals surface area contributed by atoms with Gasteiger partial charge in [-0.1, -0.05) is 188 Å². The normalized spacial score (nSPS) is 11.9. The molecule has 0 aliphatic carbocycles. The standard InChI is InChI=1S/C42H80O6/c1-5-7-9-11-13-14-15-16-17-23-27-31-35-42(45)48-39(36-46-40(43)33-29-25-20-12-10-8-6-2)37-47-41(44)34-30-26-22-19-18-21-24-28-32-38(3)4/h38-39H,5-37H2,1-4H3/t39-/m0/s1. The van der Waals surface area contributed by atoms with Crippen LogP contribution in [-0.4, -0.2) is 37.2 Å². The highest BCUT2D eigenvalue weighted by Crippen LogP contribution is 2.15. The van der Waals surface area contributed by atoms with Gasteiger partial charge in [-0.3, -0.25) is 14.4 Å². The fraction of sp³-hybridized carbons (Fsp3) is 0.929. The van der Waals surface area contributed by atoms with E-state index in [0.29, 0.717) is 19.3 Å². The maximum absolute atomic E-state index is 12.6. The maximum atomic E-state index is 12.6. The van der Waals surface area contributed by atoms with Crippen molar-refractivity contribution in [2.45, 2.75) is 233 Å². The average molecular weight is 681 g/mol. The third-order valence-corrected chi connectivity index (χ3v) is 9.29. The highest BCUT2D eigenvalue weighted by atomic mass is 16.6. The predicted molar refractivity (Wildman–Crippen MR) is 201 cm³/mol. The van der Waals surface area contributed by atoms with E-state index >= 15 is 0 Å². The first-order chi connectivity index (χ1) is 23.4. The first kappa shape index (κ1) is 46.4. The third kappa shape index (κ3) is 35.7. The zero-order valence-corrected chi connectivity index (χ0v) is 32.4. The van der Waals surface area contributed by atoms with Gasteiger partial charge in [0.15, 0.2) is 6.10 Å². The van der Waals surface area contributed by atoms with Crippen LogP contribution in [0.4, 0.5) is 0 Å². The second kappa shape index (κ2) is 36.7. The van der Waals surface area contributed by atoms with Crippen LogP contribution in [0.5, 0.6) is 0 Å². The molecule has 0 saturated heterocycles. The van der Waals surface area contributed by atoms with E-state index in [0.717, 1.165) is 63.7 Å². The minimum Gasteiger partial charge on any atom is -0.462 e. The molecule has 0 aromatic carbocycles. The molecule has 0 aliphatic rings. The van der Waals surface area contributed by atoms with E-state index in [1.165, 1.54) is 122 Å². The maximum Gasteiger partial charge on any atom is 0.306 e. The molecule has 0 rings (SSSR count). The largest absolute Gasteiger partial charge is 0.462 e. The fourth-order valence-electron chi connectivity index (χ4n) is 6.10. The first-order valence-electron chi connectivity index (χ1n) is 20.9. The minimum atomic E-state index is -0.757. The summed E-state index contributed by atoms with van der Waals surface area (Å²) in [7, 11) is 0. The topological polar surface area (TPSA) is 78.9 Å². The zero-order valence-electron chi connectivity index (χ0n) is 32.4. The summed E-state index contributed by atoms with van der Waals surface area (Å²) < 4.78 is 16.6. The molecule has 1 atom stereocenters. The van der Waals surface area contributed by atoms with Crippen LogP contribution in [0.25, 0.3) is 0 Å². The van der Waals surface area contributed by atoms with Crippen LogP contribution in [0.2, 0.25) is 0 Å². The van der Waals surface area contributed by atoms with Crippen molar-refractivity contribution < 1.29 is 28.6 Å². The molecule has 6 heteroatoms. The second-order valence-corrected chi connectivity index (χ2v) is 14.7. The van der Waals surface area contributed by atoms with Gasteiger partial charge in [0.2, 0.25) is 0 Å². The molecule has 0 aromatic rings. The lowest BCUT2D eigenvalue weighted by Crippen LogP contribution is -2.30. The Bertz CT molecular complexity index is 721. The van der Waals surface area contributed by atoms with Gasteiger partial charge in [-0.05, 0) is 25.2 Å². The van der Waals surface area contributed by atoms with Crippen LogP contribution in [-0.2, 0) is 28.6 Å². The third-order valence-electron chi connectivity index (χ3n) is 9.29. The van der Waals surface area contributed by atoms with E-state index in [-0.39, 0.29) is 31.1 Å². The lowest BCUT2D eigenvalue weighted by Gasteiger charge is -2.18. The number of ether oxygens (including phenoxy) is 3. The van der Waals surface area contributed by atoms with Crippen molar-refractivity contribution in [3.05, 3.63) is 0 Å². The molecule has 6 nitrogen and oxygen atoms in total. The smallest absolute Gasteiger partial charge is 0.306 e. The Labute approximate surface area is 298 Å². The van der Waals surface area contributed by atoms with Crippen LogP contribution < -0.4 is 0 Å². The van der Waals surface area contributed by atoms with Crippen LogP contribution in [0.1, 0.15) is 227 Å². The van der Waals surface area contributed by atoms with Crippen molar-refractivity contribution in [3.8, 4) is 0 Å². The van der Waals surface area contributed by atoms with Crippen LogP contribution >= 0.6 is 0 Å². The van der Waals surface area contributed by atoms with E-state index in [9.17, 15) is 14.4 Å². The summed E-state index contributed by atoms with van der Waals surface area (Å²) in [6.45, 7) is 8.90. The van der Waals surface area contributed by atoms with Crippen LogP contribution in [0.3, 0.4) is 0 Å². The van der Waals surface area contributed by atoms with E-state index < -0.39 is 6.10 Å². The molecular weight excluding hydrogens is 600 g/mol. The van der Waals surface area contributed by atoms with E-state index in [1.807, 2.05) is 0 Å². The molecular formula is C42H80O6. The van der Waals surface area contributed by atoms with Gasteiger partial charge in [0, 0.05) is 19.3 Å². The molecule has 0 heterocycles. The number of carbonyl (C=O) groups is 3.